The molecule has 19 heavy (non-hydrogen) atoms. The van der Waals surface area contributed by atoms with Gasteiger partial charge in [-0.25, -0.2) is 0 Å². The van der Waals surface area contributed by atoms with Crippen LogP contribution in [0, 0.1) is 0 Å². The number of carbonyl (C=O) groups excluding carboxylic acids is 1. The molecule has 2 aromatic carbocycles. The first-order chi connectivity index (χ1) is 9.04. The lowest BCUT2D eigenvalue weighted by Gasteiger charge is -2.09. The largest absolute Gasteiger partial charge is 0.508 e. The van der Waals surface area contributed by atoms with Crippen LogP contribution in [0.5, 0.6) is 23.0 Å². The fourth-order valence-electron chi connectivity index (χ4n) is 2.16. The average Bonchev–Trinajstić information content (AvgIpc) is 2.44. The van der Waals surface area contributed by atoms with Gasteiger partial charge in [-0.15, -0.1) is 0 Å². The Balaban J connectivity index is 2.21. The second-order valence-electron chi connectivity index (χ2n) is 4.41. The average molecular weight is 257 g/mol. The highest BCUT2D eigenvalue weighted by Gasteiger charge is 2.25. The van der Waals surface area contributed by atoms with Crippen molar-refractivity contribution in [3.63, 3.8) is 0 Å². The van der Waals surface area contributed by atoms with Crippen LogP contribution in [0.4, 0.5) is 5.69 Å². The van der Waals surface area contributed by atoms with E-state index in [2.05, 4.69) is 0 Å². The van der Waals surface area contributed by atoms with E-state index >= 15 is 0 Å². The number of rotatable bonds is 0. The lowest BCUT2D eigenvalue weighted by atomic mass is 10.0. The number of ether oxygens (including phenoxy) is 1. The van der Waals surface area contributed by atoms with Crippen molar-refractivity contribution in [2.75, 3.05) is 5.73 Å². The van der Waals surface area contributed by atoms with Gasteiger partial charge in [0.1, 0.15) is 28.6 Å². The molecular formula is C14H11NO4. The predicted molar refractivity (Wildman–Crippen MR) is 68.7 cm³/mol. The molecule has 0 saturated carbocycles. The summed E-state index contributed by atoms with van der Waals surface area (Å²) in [5, 5.41) is 19.2. The summed E-state index contributed by atoms with van der Waals surface area (Å²) in [6.07, 6.45) is 0.0890. The molecule has 0 aromatic heterocycles. The maximum Gasteiger partial charge on any atom is 0.174 e. The Morgan fingerprint density at radius 1 is 1.11 bits per heavy atom. The molecule has 0 aliphatic carbocycles. The highest BCUT2D eigenvalue weighted by atomic mass is 16.5. The van der Waals surface area contributed by atoms with Gasteiger partial charge in [0.2, 0.25) is 0 Å². The number of benzene rings is 2. The predicted octanol–water partition coefficient (Wildman–Crippen LogP) is 2.21. The third kappa shape index (κ3) is 1.85. The quantitative estimate of drug-likeness (QED) is 0.629. The van der Waals surface area contributed by atoms with Gasteiger partial charge < -0.3 is 20.7 Å². The molecular weight excluding hydrogens is 246 g/mol. The van der Waals surface area contributed by atoms with E-state index < -0.39 is 0 Å². The molecule has 3 rings (SSSR count). The van der Waals surface area contributed by atoms with Gasteiger partial charge in [-0.3, -0.25) is 4.79 Å². The third-order valence-electron chi connectivity index (χ3n) is 3.00. The van der Waals surface area contributed by atoms with Crippen molar-refractivity contribution in [3.8, 4) is 23.0 Å². The first-order valence-electron chi connectivity index (χ1n) is 5.70. The van der Waals surface area contributed by atoms with Crippen LogP contribution in [-0.2, 0) is 6.42 Å². The van der Waals surface area contributed by atoms with Crippen molar-refractivity contribution < 1.29 is 19.7 Å². The van der Waals surface area contributed by atoms with E-state index in [-0.39, 0.29) is 35.0 Å². The summed E-state index contributed by atoms with van der Waals surface area (Å²) in [4.78, 5) is 12.1. The number of nitrogen functional groups attached to an aromatic ring is 1. The second kappa shape index (κ2) is 3.91. The number of hydrogen-bond donors (Lipinski definition) is 3. The number of fused-ring (bicyclic) bond motifs is 2. The van der Waals surface area contributed by atoms with Crippen molar-refractivity contribution in [1.29, 1.82) is 0 Å². The molecule has 0 fully saturated rings. The molecule has 1 aliphatic heterocycles. The number of aromatic hydroxyl groups is 2. The number of anilines is 1. The Bertz CT molecular complexity index is 694. The van der Waals surface area contributed by atoms with Gasteiger partial charge in [0.05, 0.1) is 0 Å². The van der Waals surface area contributed by atoms with E-state index in [0.29, 0.717) is 17.0 Å². The van der Waals surface area contributed by atoms with Crippen molar-refractivity contribution in [2.24, 2.45) is 0 Å². The second-order valence-corrected chi connectivity index (χ2v) is 4.41. The molecule has 0 atom stereocenters. The van der Waals surface area contributed by atoms with Gasteiger partial charge in [-0.1, -0.05) is 0 Å². The number of Topliss-reactive ketones (excluding diaryl/α,β-unsaturated/α-hetero) is 1. The minimum Gasteiger partial charge on any atom is -0.508 e. The van der Waals surface area contributed by atoms with Crippen molar-refractivity contribution in [3.05, 3.63) is 41.5 Å². The van der Waals surface area contributed by atoms with E-state index in [0.717, 1.165) is 6.07 Å². The molecule has 5 nitrogen and oxygen atoms in total. The Labute approximate surface area is 108 Å². The van der Waals surface area contributed by atoms with Crippen molar-refractivity contribution >= 4 is 11.5 Å². The highest BCUT2D eigenvalue weighted by Crippen LogP contribution is 2.40. The number of ketones is 1. The van der Waals surface area contributed by atoms with Crippen LogP contribution in [0.3, 0.4) is 0 Å². The first-order valence-corrected chi connectivity index (χ1v) is 5.70. The van der Waals surface area contributed by atoms with E-state index in [4.69, 9.17) is 10.5 Å². The topological polar surface area (TPSA) is 92.8 Å². The molecule has 0 spiro atoms. The molecule has 1 aliphatic rings. The van der Waals surface area contributed by atoms with Gasteiger partial charge in [-0.2, -0.15) is 0 Å². The Morgan fingerprint density at radius 2 is 1.89 bits per heavy atom. The van der Waals surface area contributed by atoms with Gasteiger partial charge >= 0.3 is 0 Å². The van der Waals surface area contributed by atoms with Gasteiger partial charge in [0.15, 0.2) is 5.78 Å². The molecule has 96 valence electrons. The molecule has 2 aromatic rings. The van der Waals surface area contributed by atoms with Crippen LogP contribution < -0.4 is 10.5 Å². The van der Waals surface area contributed by atoms with Gasteiger partial charge in [0.25, 0.3) is 0 Å². The summed E-state index contributed by atoms with van der Waals surface area (Å²) in [6.45, 7) is 0. The SMILES string of the molecule is Nc1ccc2c(c1)CC(=O)c1c(O)cc(O)cc1O2. The highest BCUT2D eigenvalue weighted by molar-refractivity contribution is 6.03. The third-order valence-corrected chi connectivity index (χ3v) is 3.00. The molecule has 5 heteroatoms. The minimum atomic E-state index is -0.291. The fourth-order valence-corrected chi connectivity index (χ4v) is 2.16. The lowest BCUT2D eigenvalue weighted by Crippen LogP contribution is -2.02. The van der Waals surface area contributed by atoms with Crippen LogP contribution in [0.2, 0.25) is 0 Å². The Morgan fingerprint density at radius 3 is 2.68 bits per heavy atom. The molecule has 1 heterocycles. The molecule has 0 unspecified atom stereocenters. The summed E-state index contributed by atoms with van der Waals surface area (Å²) in [5.41, 5.74) is 6.95. The Hall–Kier alpha value is -2.69. The molecule has 0 amide bonds. The molecule has 4 N–H and O–H groups in total. The van der Waals surface area contributed by atoms with E-state index in [1.807, 2.05) is 0 Å². The van der Waals surface area contributed by atoms with Crippen LogP contribution >= 0.6 is 0 Å². The summed E-state index contributed by atoms with van der Waals surface area (Å²) >= 11 is 0. The van der Waals surface area contributed by atoms with Gasteiger partial charge in [0, 0.05) is 29.8 Å². The number of phenolic OH excluding ortho intramolecular Hbond substituents is 2. The lowest BCUT2D eigenvalue weighted by molar-refractivity contribution is 0.0991. The number of nitrogens with two attached hydrogens (primary N) is 1. The normalized spacial score (nSPS) is 13.2. The fraction of sp³-hybridized carbons (Fsp3) is 0.0714. The monoisotopic (exact) mass is 257 g/mol. The van der Waals surface area contributed by atoms with Crippen molar-refractivity contribution in [2.45, 2.75) is 6.42 Å². The number of carbonyl (C=O) groups is 1. The molecule has 0 saturated heterocycles. The number of hydrogen-bond acceptors (Lipinski definition) is 5. The Kier molecular flexibility index (Phi) is 2.35. The molecule has 0 bridgehead atoms. The van der Waals surface area contributed by atoms with Crippen LogP contribution in [-0.4, -0.2) is 16.0 Å². The summed E-state index contributed by atoms with van der Waals surface area (Å²) in [5.74, 6) is -0.0992. The van der Waals surface area contributed by atoms with E-state index in [1.165, 1.54) is 6.07 Å². The van der Waals surface area contributed by atoms with Crippen LogP contribution in [0.1, 0.15) is 15.9 Å². The maximum absolute atomic E-state index is 12.1. The minimum absolute atomic E-state index is 0.0765. The standard InChI is InChI=1S/C14H11NO4/c15-8-1-2-12-7(3-8)4-10(17)14-11(18)5-9(16)6-13(14)19-12/h1-3,5-6,16,18H,4,15H2. The summed E-state index contributed by atoms with van der Waals surface area (Å²) in [7, 11) is 0. The molecule has 0 radical (unpaired) electrons. The zero-order valence-electron chi connectivity index (χ0n) is 9.88. The summed E-state index contributed by atoms with van der Waals surface area (Å²) in [6, 6.07) is 7.41. The zero-order valence-corrected chi connectivity index (χ0v) is 9.88. The van der Waals surface area contributed by atoms with Gasteiger partial charge in [-0.05, 0) is 18.2 Å². The van der Waals surface area contributed by atoms with E-state index in [1.54, 1.807) is 18.2 Å². The van der Waals surface area contributed by atoms with Crippen LogP contribution in [0.25, 0.3) is 0 Å². The van der Waals surface area contributed by atoms with E-state index in [9.17, 15) is 15.0 Å². The number of phenols is 2. The maximum atomic E-state index is 12.1. The smallest absolute Gasteiger partial charge is 0.174 e. The van der Waals surface area contributed by atoms with Crippen LogP contribution in [0.15, 0.2) is 30.3 Å². The summed E-state index contributed by atoms with van der Waals surface area (Å²) < 4.78 is 5.59. The first kappa shape index (κ1) is 11.4. The zero-order chi connectivity index (χ0) is 13.6. The van der Waals surface area contributed by atoms with Crippen molar-refractivity contribution in [1.82, 2.24) is 0 Å².